The number of nitrogens with zero attached hydrogens (tertiary/aromatic N) is 1. The number of carbonyl (C=O) groups excluding carboxylic acids is 1. The van der Waals surface area contributed by atoms with Crippen molar-refractivity contribution in [3.8, 4) is 5.75 Å². The zero-order valence-corrected chi connectivity index (χ0v) is 29.6. The molecule has 2 aromatic rings. The van der Waals surface area contributed by atoms with Crippen LogP contribution in [0.4, 0.5) is 10.5 Å². The third-order valence-corrected chi connectivity index (χ3v) is 11.5. The lowest BCUT2D eigenvalue weighted by atomic mass is 10.0. The van der Waals surface area contributed by atoms with Crippen LogP contribution in [0.5, 0.6) is 5.75 Å². The number of nitrogen functional groups attached to an aromatic ring is 1. The van der Waals surface area contributed by atoms with Gasteiger partial charge in [0.05, 0.1) is 49.4 Å². The zero-order valence-electron chi connectivity index (χ0n) is 27.9. The molecule has 48 heavy (non-hydrogen) atoms. The lowest BCUT2D eigenvalue weighted by molar-refractivity contribution is -0.0907. The number of nitrogens with two attached hydrogens (primary N) is 1. The second-order valence-electron chi connectivity index (χ2n) is 12.1. The summed E-state index contributed by atoms with van der Waals surface area (Å²) < 4.78 is 74.4. The molecule has 4 rings (SSSR count). The summed E-state index contributed by atoms with van der Waals surface area (Å²) in [6.07, 6.45) is -2.47. The molecule has 14 nitrogen and oxygen atoms in total. The monoisotopic (exact) mass is 713 g/mol. The van der Waals surface area contributed by atoms with Crippen LogP contribution in [0.2, 0.25) is 0 Å². The van der Waals surface area contributed by atoms with Gasteiger partial charge in [0.2, 0.25) is 10.0 Å². The zero-order chi connectivity index (χ0) is 34.9. The summed E-state index contributed by atoms with van der Waals surface area (Å²) in [5.74, 6) is 0.267. The Kier molecular flexibility index (Phi) is 13.7. The minimum Gasteiger partial charge on any atom is -0.481 e. The first-order valence-electron chi connectivity index (χ1n) is 16.2. The number of hydrogen-bond donors (Lipinski definition) is 3. The van der Waals surface area contributed by atoms with Crippen molar-refractivity contribution >= 4 is 29.4 Å². The summed E-state index contributed by atoms with van der Waals surface area (Å²) in [5.41, 5.74) is 6.90. The van der Waals surface area contributed by atoms with Crippen molar-refractivity contribution in [2.45, 2.75) is 70.0 Å². The van der Waals surface area contributed by atoms with Crippen molar-refractivity contribution in [1.29, 1.82) is 0 Å². The van der Waals surface area contributed by atoms with E-state index in [1.54, 1.807) is 38.1 Å². The average Bonchev–Trinajstić information content (AvgIpc) is 3.65. The number of anilines is 1. The van der Waals surface area contributed by atoms with E-state index in [2.05, 4.69) is 5.32 Å². The minimum absolute atomic E-state index is 0.0387. The summed E-state index contributed by atoms with van der Waals surface area (Å²) in [4.78, 5) is 13.2. The van der Waals surface area contributed by atoms with Crippen LogP contribution < -0.4 is 15.8 Å². The van der Waals surface area contributed by atoms with Crippen LogP contribution in [0.1, 0.15) is 39.7 Å². The maximum atomic E-state index is 13.7. The predicted octanol–water partition coefficient (Wildman–Crippen LogP) is 3.98. The van der Waals surface area contributed by atoms with E-state index >= 15 is 0 Å². The SMILES string of the molecule is CCOP(=O)(COc1ccc(C[C@H](NC(=O)O[C@H]2CO[C@H]3OCCC32)[C@H](O)CN(CC(C)C)S(=O)(=O)c2ccc(N)cc2)cc1)OCC. The van der Waals surface area contributed by atoms with Crippen LogP contribution in [0.25, 0.3) is 0 Å². The fourth-order valence-corrected chi connectivity index (χ4v) is 8.53. The number of sulfonamides is 1. The number of amides is 1. The third-order valence-electron chi connectivity index (χ3n) is 7.91. The molecule has 5 atom stereocenters. The smallest absolute Gasteiger partial charge is 0.407 e. The Morgan fingerprint density at radius 1 is 1.06 bits per heavy atom. The molecule has 1 unspecified atom stereocenters. The molecule has 2 heterocycles. The lowest BCUT2D eigenvalue weighted by Gasteiger charge is -2.31. The first-order valence-corrected chi connectivity index (χ1v) is 19.3. The van der Waals surface area contributed by atoms with E-state index < -0.39 is 48.3 Å². The molecule has 1 amide bonds. The molecular weight excluding hydrogens is 665 g/mol. The van der Waals surface area contributed by atoms with Crippen LogP contribution >= 0.6 is 7.60 Å². The highest BCUT2D eigenvalue weighted by molar-refractivity contribution is 7.89. The van der Waals surface area contributed by atoms with Crippen molar-refractivity contribution in [1.82, 2.24) is 9.62 Å². The fourth-order valence-electron chi connectivity index (χ4n) is 5.59. The maximum Gasteiger partial charge on any atom is 0.407 e. The highest BCUT2D eigenvalue weighted by atomic mass is 32.2. The predicted molar refractivity (Wildman–Crippen MR) is 178 cm³/mol. The lowest BCUT2D eigenvalue weighted by Crippen LogP contribution is -2.51. The number of nitrogens with one attached hydrogen (secondary N) is 1. The number of rotatable bonds is 18. The summed E-state index contributed by atoms with van der Waals surface area (Å²) in [6.45, 7) is 8.13. The molecule has 0 aliphatic carbocycles. The van der Waals surface area contributed by atoms with Gasteiger partial charge in [0, 0.05) is 18.8 Å². The number of carbonyl (C=O) groups is 1. The molecule has 2 fully saturated rings. The van der Waals surface area contributed by atoms with E-state index in [1.165, 1.54) is 28.6 Å². The Morgan fingerprint density at radius 2 is 1.73 bits per heavy atom. The minimum atomic E-state index is -4.02. The van der Waals surface area contributed by atoms with Gasteiger partial charge in [-0.05, 0) is 74.6 Å². The van der Waals surface area contributed by atoms with Gasteiger partial charge in [0.1, 0.15) is 11.9 Å². The topological polar surface area (TPSA) is 185 Å². The van der Waals surface area contributed by atoms with E-state index in [4.69, 9.17) is 33.7 Å². The summed E-state index contributed by atoms with van der Waals surface area (Å²) in [6, 6.07) is 11.7. The Bertz CT molecular complexity index is 1470. The molecule has 0 radical (unpaired) electrons. The van der Waals surface area contributed by atoms with Crippen LogP contribution in [0.3, 0.4) is 0 Å². The third kappa shape index (κ3) is 10.4. The number of aliphatic hydroxyl groups is 1. The quantitative estimate of drug-likeness (QED) is 0.149. The number of ether oxygens (including phenoxy) is 4. The first-order chi connectivity index (χ1) is 22.8. The van der Waals surface area contributed by atoms with Gasteiger partial charge >= 0.3 is 13.7 Å². The first kappa shape index (κ1) is 38.1. The van der Waals surface area contributed by atoms with Gasteiger partial charge in [-0.2, -0.15) is 4.31 Å². The number of aliphatic hydroxyl groups excluding tert-OH is 1. The van der Waals surface area contributed by atoms with Crippen molar-refractivity contribution in [2.24, 2.45) is 11.8 Å². The molecule has 0 spiro atoms. The molecule has 268 valence electrons. The van der Waals surface area contributed by atoms with Crippen molar-refractivity contribution < 1.29 is 50.9 Å². The molecule has 0 aromatic heterocycles. The van der Waals surface area contributed by atoms with Crippen LogP contribution in [0.15, 0.2) is 53.4 Å². The van der Waals surface area contributed by atoms with Crippen molar-refractivity contribution in [2.75, 3.05) is 51.6 Å². The second kappa shape index (κ2) is 17.3. The largest absolute Gasteiger partial charge is 0.481 e. The number of benzene rings is 2. The van der Waals surface area contributed by atoms with E-state index in [9.17, 15) is 22.9 Å². The van der Waals surface area contributed by atoms with E-state index in [-0.39, 0.29) is 62.4 Å². The molecule has 2 aliphatic rings. The number of alkyl carbamates (subject to hydrolysis) is 1. The highest BCUT2D eigenvalue weighted by Crippen LogP contribution is 2.47. The molecule has 2 aliphatic heterocycles. The Labute approximate surface area is 282 Å². The molecule has 2 saturated heterocycles. The highest BCUT2D eigenvalue weighted by Gasteiger charge is 2.44. The van der Waals surface area contributed by atoms with Crippen molar-refractivity contribution in [3.05, 3.63) is 54.1 Å². The molecule has 0 saturated carbocycles. The van der Waals surface area contributed by atoms with Crippen molar-refractivity contribution in [3.63, 3.8) is 0 Å². The second-order valence-corrected chi connectivity index (χ2v) is 16.1. The summed E-state index contributed by atoms with van der Waals surface area (Å²) in [7, 11) is -7.44. The van der Waals surface area contributed by atoms with Crippen LogP contribution in [-0.4, -0.2) is 94.3 Å². The Balaban J connectivity index is 1.51. The Hall–Kier alpha value is -2.75. The number of hydrogen-bond acceptors (Lipinski definition) is 12. The standard InChI is InChI=1S/C32H48N3O11PS/c1-5-44-47(38,45-6-2)21-43-25-11-7-23(8-12-25)17-28(34-32(37)46-30-20-42-31-27(30)15-16-41-31)29(36)19-35(18-22(3)4)48(39,40)26-13-9-24(33)10-14-26/h7-14,22,27-31,36H,5-6,15-21,33H2,1-4H3,(H,34,37)/t27?,28-,29+,30-,31+/m0/s1. The normalized spacial score (nSPS) is 20.9. The Morgan fingerprint density at radius 3 is 2.35 bits per heavy atom. The molecule has 0 bridgehead atoms. The molecule has 16 heteroatoms. The van der Waals surface area contributed by atoms with E-state index in [1.807, 2.05) is 13.8 Å². The average molecular weight is 714 g/mol. The van der Waals surface area contributed by atoms with Gasteiger partial charge in [0.25, 0.3) is 0 Å². The molecule has 2 aromatic carbocycles. The fraction of sp³-hybridized carbons (Fsp3) is 0.594. The van der Waals surface area contributed by atoms with Gasteiger partial charge in [-0.15, -0.1) is 0 Å². The van der Waals surface area contributed by atoms with E-state index in [0.717, 1.165) is 0 Å². The van der Waals surface area contributed by atoms with E-state index in [0.29, 0.717) is 30.0 Å². The van der Waals surface area contributed by atoms with Crippen LogP contribution in [-0.2, 0) is 44.3 Å². The van der Waals surface area contributed by atoms with Gasteiger partial charge in [-0.3, -0.25) is 4.57 Å². The number of fused-ring (bicyclic) bond motifs is 1. The maximum absolute atomic E-state index is 13.7. The van der Waals surface area contributed by atoms with Gasteiger partial charge in [-0.25, -0.2) is 13.2 Å². The molecular formula is C32H48N3O11PS. The van der Waals surface area contributed by atoms with Gasteiger partial charge in [-0.1, -0.05) is 26.0 Å². The van der Waals surface area contributed by atoms with Gasteiger partial charge in [0.15, 0.2) is 12.6 Å². The van der Waals surface area contributed by atoms with Gasteiger partial charge < -0.3 is 44.2 Å². The summed E-state index contributed by atoms with van der Waals surface area (Å²) >= 11 is 0. The van der Waals surface area contributed by atoms with Crippen LogP contribution in [0, 0.1) is 11.8 Å². The summed E-state index contributed by atoms with van der Waals surface area (Å²) in [5, 5.41) is 14.3. The molecule has 4 N–H and O–H groups in total.